The number of halogens is 3. The third-order valence-electron chi connectivity index (χ3n) is 2.07. The lowest BCUT2D eigenvalue weighted by molar-refractivity contribution is -0.114. The van der Waals surface area contributed by atoms with Gasteiger partial charge in [-0.15, -0.1) is 23.2 Å². The smallest absolute Gasteiger partial charge is 0.244 e. The van der Waals surface area contributed by atoms with Gasteiger partial charge in [0, 0.05) is 0 Å². The van der Waals surface area contributed by atoms with Gasteiger partial charge < -0.3 is 0 Å². The fraction of sp³-hybridized carbons (Fsp3) is 0.857. The van der Waals surface area contributed by atoms with Crippen LogP contribution in [0.4, 0.5) is 0 Å². The molecule has 11 heavy (non-hydrogen) atoms. The van der Waals surface area contributed by atoms with Gasteiger partial charge in [-0.1, -0.05) is 12.8 Å². The average Bonchev–Trinajstić information content (AvgIpc) is 1.95. The van der Waals surface area contributed by atoms with Crippen LogP contribution in [0, 0.1) is 0 Å². The lowest BCUT2D eigenvalue weighted by Crippen LogP contribution is -2.41. The van der Waals surface area contributed by atoms with Crippen molar-refractivity contribution in [2.45, 2.75) is 35.9 Å². The molecule has 0 N–H and O–H groups in total. The Morgan fingerprint density at radius 3 is 2.45 bits per heavy atom. The van der Waals surface area contributed by atoms with Crippen molar-refractivity contribution in [1.29, 1.82) is 0 Å². The minimum atomic E-state index is -0.999. The zero-order valence-electron chi connectivity index (χ0n) is 5.95. The molecule has 4 heteroatoms. The molecule has 1 saturated carbocycles. The van der Waals surface area contributed by atoms with Gasteiger partial charge in [-0.25, -0.2) is 0 Å². The van der Waals surface area contributed by atoms with E-state index >= 15 is 0 Å². The quantitative estimate of drug-likeness (QED) is 0.486. The highest BCUT2D eigenvalue weighted by atomic mass is 35.5. The first-order chi connectivity index (χ1) is 5.07. The van der Waals surface area contributed by atoms with Crippen molar-refractivity contribution in [3.05, 3.63) is 0 Å². The van der Waals surface area contributed by atoms with E-state index in [4.69, 9.17) is 34.8 Å². The second kappa shape index (κ2) is 3.51. The summed E-state index contributed by atoms with van der Waals surface area (Å²) in [5.74, 6) is 0. The Kier molecular flexibility index (Phi) is 3.07. The lowest BCUT2D eigenvalue weighted by atomic mass is 9.89. The normalized spacial score (nSPS) is 38.6. The first kappa shape index (κ1) is 9.63. The Morgan fingerprint density at radius 2 is 2.09 bits per heavy atom. The SMILES string of the molecule is O=C(Cl)C1(Cl)CCCCC1Cl. The zero-order chi connectivity index (χ0) is 8.48. The topological polar surface area (TPSA) is 17.1 Å². The summed E-state index contributed by atoms with van der Waals surface area (Å²) in [7, 11) is 0. The van der Waals surface area contributed by atoms with Crippen molar-refractivity contribution in [1.82, 2.24) is 0 Å². The van der Waals surface area contributed by atoms with Crippen LogP contribution in [0.1, 0.15) is 25.7 Å². The van der Waals surface area contributed by atoms with E-state index in [0.717, 1.165) is 19.3 Å². The fourth-order valence-electron chi connectivity index (χ4n) is 1.31. The molecule has 0 aromatic heterocycles. The summed E-state index contributed by atoms with van der Waals surface area (Å²) < 4.78 is 0. The molecule has 1 aliphatic rings. The molecule has 0 saturated heterocycles. The summed E-state index contributed by atoms with van der Waals surface area (Å²) in [5, 5.41) is -0.818. The monoisotopic (exact) mass is 214 g/mol. The van der Waals surface area contributed by atoms with Gasteiger partial charge in [0.2, 0.25) is 5.24 Å². The number of carbonyl (C=O) groups is 1. The molecule has 1 rings (SSSR count). The number of rotatable bonds is 1. The van der Waals surface area contributed by atoms with Crippen LogP contribution in [0.5, 0.6) is 0 Å². The number of alkyl halides is 2. The predicted octanol–water partition coefficient (Wildman–Crippen LogP) is 2.91. The number of carbonyl (C=O) groups excluding carboxylic acids is 1. The summed E-state index contributed by atoms with van der Waals surface area (Å²) in [4.78, 5) is 9.88. The van der Waals surface area contributed by atoms with E-state index in [0.29, 0.717) is 6.42 Å². The first-order valence-electron chi connectivity index (χ1n) is 3.60. The van der Waals surface area contributed by atoms with Crippen LogP contribution in [-0.2, 0) is 4.79 Å². The number of hydrogen-bond acceptors (Lipinski definition) is 1. The Hall–Kier alpha value is 0.540. The van der Waals surface area contributed by atoms with Crippen LogP contribution < -0.4 is 0 Å². The van der Waals surface area contributed by atoms with Gasteiger partial charge in [0.15, 0.2) is 0 Å². The van der Waals surface area contributed by atoms with Gasteiger partial charge in [0.1, 0.15) is 4.87 Å². The highest BCUT2D eigenvalue weighted by Crippen LogP contribution is 2.39. The molecule has 0 bridgehead atoms. The maximum absolute atomic E-state index is 10.9. The van der Waals surface area contributed by atoms with Crippen LogP contribution in [0.15, 0.2) is 0 Å². The summed E-state index contributed by atoms with van der Waals surface area (Å²) in [6.07, 6.45) is 3.35. The van der Waals surface area contributed by atoms with E-state index in [2.05, 4.69) is 0 Å². The van der Waals surface area contributed by atoms with Gasteiger partial charge in [-0.05, 0) is 24.4 Å². The summed E-state index contributed by atoms with van der Waals surface area (Å²) in [5.41, 5.74) is 0. The second-order valence-electron chi connectivity index (χ2n) is 2.85. The summed E-state index contributed by atoms with van der Waals surface area (Å²) in [6, 6.07) is 0. The molecule has 1 fully saturated rings. The predicted molar refractivity (Wildman–Crippen MR) is 47.6 cm³/mol. The molecule has 0 radical (unpaired) electrons. The molecule has 0 aromatic carbocycles. The van der Waals surface area contributed by atoms with Gasteiger partial charge >= 0.3 is 0 Å². The highest BCUT2D eigenvalue weighted by molar-refractivity contribution is 6.71. The Bertz CT molecular complexity index is 171. The molecule has 2 unspecified atom stereocenters. The molecular weight excluding hydrogens is 206 g/mol. The van der Waals surface area contributed by atoms with E-state index in [-0.39, 0.29) is 5.38 Å². The first-order valence-corrected chi connectivity index (χ1v) is 4.79. The summed E-state index contributed by atoms with van der Waals surface area (Å²) >= 11 is 17.2. The van der Waals surface area contributed by atoms with Crippen LogP contribution in [0.3, 0.4) is 0 Å². The second-order valence-corrected chi connectivity index (χ2v) is 4.39. The molecule has 1 nitrogen and oxygen atoms in total. The van der Waals surface area contributed by atoms with Gasteiger partial charge in [0.25, 0.3) is 0 Å². The van der Waals surface area contributed by atoms with Gasteiger partial charge in [-0.2, -0.15) is 0 Å². The molecule has 2 atom stereocenters. The van der Waals surface area contributed by atoms with E-state index in [1.807, 2.05) is 0 Å². The van der Waals surface area contributed by atoms with E-state index in [1.54, 1.807) is 0 Å². The molecule has 64 valence electrons. The minimum Gasteiger partial charge on any atom is -0.279 e. The van der Waals surface area contributed by atoms with Crippen LogP contribution in [0.25, 0.3) is 0 Å². The summed E-state index contributed by atoms with van der Waals surface area (Å²) in [6.45, 7) is 0. The van der Waals surface area contributed by atoms with Crippen LogP contribution in [-0.4, -0.2) is 15.5 Å². The largest absolute Gasteiger partial charge is 0.279 e. The average molecular weight is 216 g/mol. The maximum atomic E-state index is 10.9. The van der Waals surface area contributed by atoms with E-state index in [1.165, 1.54) is 0 Å². The van der Waals surface area contributed by atoms with Crippen LogP contribution in [0.2, 0.25) is 0 Å². The Morgan fingerprint density at radius 1 is 1.45 bits per heavy atom. The van der Waals surface area contributed by atoms with Gasteiger partial charge in [0.05, 0.1) is 5.38 Å². The molecule has 0 amide bonds. The third kappa shape index (κ3) is 1.82. The number of hydrogen-bond donors (Lipinski definition) is 0. The molecule has 1 aliphatic carbocycles. The molecule has 0 aliphatic heterocycles. The lowest BCUT2D eigenvalue weighted by Gasteiger charge is -2.31. The standard InChI is InChI=1S/C7H9Cl3O/c8-5-3-1-2-4-7(5,10)6(9)11/h5H,1-4H2. The van der Waals surface area contributed by atoms with Crippen molar-refractivity contribution in [3.63, 3.8) is 0 Å². The molecule has 0 spiro atoms. The van der Waals surface area contributed by atoms with Crippen molar-refractivity contribution >= 4 is 40.0 Å². The third-order valence-corrected chi connectivity index (χ3v) is 3.83. The minimum absolute atomic E-state index is 0.303. The Balaban J connectivity index is 2.72. The van der Waals surface area contributed by atoms with Crippen LogP contribution >= 0.6 is 34.8 Å². The molecular formula is C7H9Cl3O. The van der Waals surface area contributed by atoms with Crippen molar-refractivity contribution in [2.24, 2.45) is 0 Å². The fourth-order valence-corrected chi connectivity index (χ4v) is 2.20. The van der Waals surface area contributed by atoms with Crippen molar-refractivity contribution in [2.75, 3.05) is 0 Å². The molecule has 0 heterocycles. The Labute approximate surface area is 81.0 Å². The van der Waals surface area contributed by atoms with Gasteiger partial charge in [-0.3, -0.25) is 4.79 Å². The maximum Gasteiger partial charge on any atom is 0.244 e. The van der Waals surface area contributed by atoms with Crippen molar-refractivity contribution in [3.8, 4) is 0 Å². The van der Waals surface area contributed by atoms with E-state index < -0.39 is 10.1 Å². The van der Waals surface area contributed by atoms with E-state index in [9.17, 15) is 4.79 Å². The zero-order valence-corrected chi connectivity index (χ0v) is 8.22. The van der Waals surface area contributed by atoms with Crippen molar-refractivity contribution < 1.29 is 4.79 Å². The molecule has 0 aromatic rings. The highest BCUT2D eigenvalue weighted by Gasteiger charge is 2.43.